The number of carbonyl (C=O) groups is 1. The fourth-order valence-corrected chi connectivity index (χ4v) is 2.29. The molecule has 4 nitrogen and oxygen atoms in total. The number of benzene rings is 2. The van der Waals surface area contributed by atoms with E-state index in [-0.39, 0.29) is 6.61 Å². The molecule has 0 fully saturated rings. The topological polar surface area (TPSA) is 55.8 Å². The van der Waals surface area contributed by atoms with Gasteiger partial charge in [-0.05, 0) is 17.5 Å². The van der Waals surface area contributed by atoms with Crippen LogP contribution in [0.1, 0.15) is 24.5 Å². The first-order valence-corrected chi connectivity index (χ1v) is 7.74. The van der Waals surface area contributed by atoms with Crippen LogP contribution in [0.5, 0.6) is 0 Å². The SMILES string of the molecule is CC[C@H](OCc1ccccc1)[C@H](OCc1ccccc1)C(=O)O. The standard InChI is InChI=1S/C19H22O4/c1-2-17(22-13-15-9-5-3-6-10-15)18(19(20)21)23-14-16-11-7-4-8-12-16/h3-12,17-18H,2,13-14H2,1H3,(H,20,21)/t17-,18-/m0/s1. The first-order valence-electron chi connectivity index (χ1n) is 7.74. The lowest BCUT2D eigenvalue weighted by molar-refractivity contribution is -0.165. The van der Waals surface area contributed by atoms with Gasteiger partial charge in [-0.3, -0.25) is 0 Å². The number of hydrogen-bond donors (Lipinski definition) is 1. The van der Waals surface area contributed by atoms with Crippen LogP contribution in [0.25, 0.3) is 0 Å². The van der Waals surface area contributed by atoms with Gasteiger partial charge >= 0.3 is 5.97 Å². The molecular weight excluding hydrogens is 292 g/mol. The second-order valence-corrected chi connectivity index (χ2v) is 5.30. The molecule has 2 atom stereocenters. The van der Waals surface area contributed by atoms with E-state index in [0.717, 1.165) is 11.1 Å². The Balaban J connectivity index is 1.94. The Labute approximate surface area is 136 Å². The highest BCUT2D eigenvalue weighted by Gasteiger charge is 2.28. The van der Waals surface area contributed by atoms with Crippen molar-refractivity contribution in [2.24, 2.45) is 0 Å². The van der Waals surface area contributed by atoms with Crippen molar-refractivity contribution in [2.75, 3.05) is 0 Å². The van der Waals surface area contributed by atoms with Crippen LogP contribution in [-0.4, -0.2) is 23.3 Å². The number of carboxylic acids is 1. The maximum absolute atomic E-state index is 11.5. The van der Waals surface area contributed by atoms with Gasteiger partial charge in [-0.2, -0.15) is 0 Å². The van der Waals surface area contributed by atoms with Gasteiger partial charge in [-0.15, -0.1) is 0 Å². The molecule has 4 heteroatoms. The summed E-state index contributed by atoms with van der Waals surface area (Å²) in [5.74, 6) is -0.999. The monoisotopic (exact) mass is 314 g/mol. The molecule has 0 aliphatic heterocycles. The third kappa shape index (κ3) is 5.51. The first kappa shape index (κ1) is 17.2. The Morgan fingerprint density at radius 3 is 1.83 bits per heavy atom. The van der Waals surface area contributed by atoms with Crippen LogP contribution in [0, 0.1) is 0 Å². The van der Waals surface area contributed by atoms with Crippen LogP contribution in [-0.2, 0) is 27.5 Å². The van der Waals surface area contributed by atoms with Gasteiger partial charge in [-0.1, -0.05) is 67.6 Å². The van der Waals surface area contributed by atoms with E-state index >= 15 is 0 Å². The van der Waals surface area contributed by atoms with E-state index in [1.54, 1.807) is 0 Å². The van der Waals surface area contributed by atoms with Crippen LogP contribution in [0.2, 0.25) is 0 Å². The van der Waals surface area contributed by atoms with Gasteiger partial charge in [0.1, 0.15) is 0 Å². The number of hydrogen-bond acceptors (Lipinski definition) is 3. The van der Waals surface area contributed by atoms with Crippen molar-refractivity contribution in [1.82, 2.24) is 0 Å². The summed E-state index contributed by atoms with van der Waals surface area (Å²) in [5, 5.41) is 9.44. The molecule has 0 radical (unpaired) electrons. The van der Waals surface area contributed by atoms with Gasteiger partial charge in [0.2, 0.25) is 0 Å². The van der Waals surface area contributed by atoms with E-state index in [2.05, 4.69) is 0 Å². The zero-order valence-electron chi connectivity index (χ0n) is 13.2. The third-order valence-corrected chi connectivity index (χ3v) is 3.56. The number of rotatable bonds is 9. The van der Waals surface area contributed by atoms with Crippen molar-refractivity contribution in [3.63, 3.8) is 0 Å². The lowest BCUT2D eigenvalue weighted by atomic mass is 10.1. The summed E-state index contributed by atoms with van der Waals surface area (Å²) in [7, 11) is 0. The van der Waals surface area contributed by atoms with Crippen LogP contribution < -0.4 is 0 Å². The molecule has 0 aliphatic rings. The summed E-state index contributed by atoms with van der Waals surface area (Å²) >= 11 is 0. The molecule has 0 saturated heterocycles. The quantitative estimate of drug-likeness (QED) is 0.767. The number of ether oxygens (including phenoxy) is 2. The van der Waals surface area contributed by atoms with Gasteiger partial charge in [0.15, 0.2) is 6.10 Å². The summed E-state index contributed by atoms with van der Waals surface area (Å²) in [6.45, 7) is 2.53. The summed E-state index contributed by atoms with van der Waals surface area (Å²) in [4.78, 5) is 11.5. The zero-order chi connectivity index (χ0) is 16.5. The predicted octanol–water partition coefficient (Wildman–Crippen LogP) is 3.65. The van der Waals surface area contributed by atoms with Gasteiger partial charge in [0.05, 0.1) is 19.3 Å². The molecule has 0 aromatic heterocycles. The molecule has 1 N–H and O–H groups in total. The fraction of sp³-hybridized carbons (Fsp3) is 0.316. The van der Waals surface area contributed by atoms with Crippen molar-refractivity contribution in [2.45, 2.75) is 38.8 Å². The molecule has 0 saturated carbocycles. The van der Waals surface area contributed by atoms with E-state index < -0.39 is 18.2 Å². The molecule has 2 aromatic carbocycles. The molecule has 0 amide bonds. The smallest absolute Gasteiger partial charge is 0.335 e. The van der Waals surface area contributed by atoms with E-state index in [0.29, 0.717) is 13.0 Å². The summed E-state index contributed by atoms with van der Waals surface area (Å²) in [5.41, 5.74) is 1.95. The highest BCUT2D eigenvalue weighted by molar-refractivity contribution is 5.73. The highest BCUT2D eigenvalue weighted by Crippen LogP contribution is 2.14. The molecule has 0 bridgehead atoms. The fourth-order valence-electron chi connectivity index (χ4n) is 2.29. The molecule has 0 spiro atoms. The van der Waals surface area contributed by atoms with Crippen LogP contribution in [0.4, 0.5) is 0 Å². The van der Waals surface area contributed by atoms with Crippen molar-refractivity contribution in [3.05, 3.63) is 71.8 Å². The lowest BCUT2D eigenvalue weighted by Crippen LogP contribution is -2.38. The molecule has 0 unspecified atom stereocenters. The first-order chi connectivity index (χ1) is 11.2. The highest BCUT2D eigenvalue weighted by atomic mass is 16.6. The summed E-state index contributed by atoms with van der Waals surface area (Å²) in [6, 6.07) is 19.2. The predicted molar refractivity (Wildman–Crippen MR) is 88.0 cm³/mol. The Morgan fingerprint density at radius 2 is 1.39 bits per heavy atom. The maximum atomic E-state index is 11.5. The van der Waals surface area contributed by atoms with Gasteiger partial charge < -0.3 is 14.6 Å². The van der Waals surface area contributed by atoms with Gasteiger partial charge in [-0.25, -0.2) is 4.79 Å². The third-order valence-electron chi connectivity index (χ3n) is 3.56. The molecule has 2 rings (SSSR count). The molecule has 0 aliphatic carbocycles. The maximum Gasteiger partial charge on any atom is 0.335 e. The molecule has 23 heavy (non-hydrogen) atoms. The minimum Gasteiger partial charge on any atom is -0.479 e. The minimum absolute atomic E-state index is 0.253. The van der Waals surface area contributed by atoms with Gasteiger partial charge in [0.25, 0.3) is 0 Å². The van der Waals surface area contributed by atoms with Crippen molar-refractivity contribution in [3.8, 4) is 0 Å². The number of aliphatic carboxylic acids is 1. The molecular formula is C19H22O4. The largest absolute Gasteiger partial charge is 0.479 e. The van der Waals surface area contributed by atoms with E-state index in [1.807, 2.05) is 67.6 Å². The molecule has 2 aromatic rings. The van der Waals surface area contributed by atoms with E-state index in [4.69, 9.17) is 9.47 Å². The van der Waals surface area contributed by atoms with Crippen molar-refractivity contribution >= 4 is 5.97 Å². The lowest BCUT2D eigenvalue weighted by Gasteiger charge is -2.23. The van der Waals surface area contributed by atoms with Crippen molar-refractivity contribution in [1.29, 1.82) is 0 Å². The number of carboxylic acid groups (broad SMARTS) is 1. The summed E-state index contributed by atoms with van der Waals surface area (Å²) < 4.78 is 11.4. The summed E-state index contributed by atoms with van der Waals surface area (Å²) in [6.07, 6.45) is -0.904. The van der Waals surface area contributed by atoms with Gasteiger partial charge in [0, 0.05) is 0 Å². The second-order valence-electron chi connectivity index (χ2n) is 5.30. The van der Waals surface area contributed by atoms with Crippen LogP contribution in [0.15, 0.2) is 60.7 Å². The van der Waals surface area contributed by atoms with Crippen molar-refractivity contribution < 1.29 is 19.4 Å². The average molecular weight is 314 g/mol. The minimum atomic E-state index is -0.999. The Bertz CT molecular complexity index is 583. The molecule has 122 valence electrons. The Morgan fingerprint density at radius 1 is 0.913 bits per heavy atom. The van der Waals surface area contributed by atoms with Crippen LogP contribution >= 0.6 is 0 Å². The van der Waals surface area contributed by atoms with E-state index in [1.165, 1.54) is 0 Å². The molecule has 0 heterocycles. The zero-order valence-corrected chi connectivity index (χ0v) is 13.2. The normalized spacial score (nSPS) is 13.4. The Kier molecular flexibility index (Phi) is 6.78. The van der Waals surface area contributed by atoms with Crippen LogP contribution in [0.3, 0.4) is 0 Å². The second kappa shape index (κ2) is 9.08. The Hall–Kier alpha value is -2.17. The van der Waals surface area contributed by atoms with E-state index in [9.17, 15) is 9.90 Å². The average Bonchev–Trinajstić information content (AvgIpc) is 2.59.